The van der Waals surface area contributed by atoms with Gasteiger partial charge in [-0.25, -0.2) is 14.2 Å². The summed E-state index contributed by atoms with van der Waals surface area (Å²) in [5.74, 6) is -1.87. The Morgan fingerprint density at radius 2 is 1.82 bits per heavy atom. The van der Waals surface area contributed by atoms with Gasteiger partial charge in [-0.1, -0.05) is 37.3 Å². The van der Waals surface area contributed by atoms with E-state index in [2.05, 4.69) is 10.3 Å². The van der Waals surface area contributed by atoms with Gasteiger partial charge in [-0.05, 0) is 36.2 Å². The average Bonchev–Trinajstić information content (AvgIpc) is 3.15. The van der Waals surface area contributed by atoms with E-state index in [1.54, 1.807) is 54.8 Å². The van der Waals surface area contributed by atoms with E-state index in [1.165, 1.54) is 23.5 Å². The molecule has 5 nitrogen and oxygen atoms in total. The third-order valence-electron chi connectivity index (χ3n) is 4.50. The first-order valence-corrected chi connectivity index (χ1v) is 9.63. The molecule has 0 spiro atoms. The first kappa shape index (κ1) is 19.7. The van der Waals surface area contributed by atoms with Crippen LogP contribution in [-0.2, 0) is 21.5 Å². The van der Waals surface area contributed by atoms with Crippen LogP contribution in [0, 0.1) is 5.82 Å². The Bertz CT molecular complexity index is 973. The number of carbonyl (C=O) groups excluding carboxylic acids is 1. The van der Waals surface area contributed by atoms with Gasteiger partial charge < -0.3 is 10.4 Å². The number of aromatic nitrogens is 1. The summed E-state index contributed by atoms with van der Waals surface area (Å²) in [5, 5.41) is 14.9. The number of hydrogen-bond acceptors (Lipinski definition) is 4. The van der Waals surface area contributed by atoms with Crippen LogP contribution in [0.25, 0.3) is 10.6 Å². The lowest BCUT2D eigenvalue weighted by molar-refractivity contribution is -0.148. The van der Waals surface area contributed by atoms with Crippen LogP contribution in [0.1, 0.15) is 24.6 Å². The van der Waals surface area contributed by atoms with Gasteiger partial charge in [-0.3, -0.25) is 4.79 Å². The summed E-state index contributed by atoms with van der Waals surface area (Å²) in [4.78, 5) is 29.0. The minimum Gasteiger partial charge on any atom is -0.479 e. The maximum atomic E-state index is 13.1. The fourth-order valence-electron chi connectivity index (χ4n) is 2.98. The lowest BCUT2D eigenvalue weighted by Gasteiger charge is -2.30. The van der Waals surface area contributed by atoms with Gasteiger partial charge in [-0.15, -0.1) is 11.3 Å². The average molecular weight is 398 g/mol. The van der Waals surface area contributed by atoms with E-state index >= 15 is 0 Å². The maximum Gasteiger partial charge on any atom is 0.334 e. The number of hydrogen-bond donors (Lipinski definition) is 2. The molecule has 0 aliphatic carbocycles. The van der Waals surface area contributed by atoms with E-state index in [1.807, 2.05) is 0 Å². The summed E-state index contributed by atoms with van der Waals surface area (Å²) in [6.45, 7) is 1.72. The van der Waals surface area contributed by atoms with Crippen LogP contribution >= 0.6 is 11.3 Å². The van der Waals surface area contributed by atoms with Gasteiger partial charge in [0, 0.05) is 10.9 Å². The van der Waals surface area contributed by atoms with Gasteiger partial charge in [0.25, 0.3) is 0 Å². The molecule has 1 unspecified atom stereocenters. The quantitative estimate of drug-likeness (QED) is 0.631. The Labute approximate surface area is 165 Å². The molecule has 0 saturated heterocycles. The molecule has 0 fully saturated rings. The lowest BCUT2D eigenvalue weighted by atomic mass is 9.87. The van der Waals surface area contributed by atoms with Crippen LogP contribution in [0.4, 0.5) is 4.39 Å². The molecule has 1 aromatic heterocycles. The molecular weight excluding hydrogens is 379 g/mol. The number of carboxylic acid groups (broad SMARTS) is 1. The Kier molecular flexibility index (Phi) is 5.84. The molecule has 28 heavy (non-hydrogen) atoms. The van der Waals surface area contributed by atoms with Gasteiger partial charge in [0.15, 0.2) is 5.54 Å². The molecule has 2 aromatic carbocycles. The number of rotatable bonds is 7. The lowest BCUT2D eigenvalue weighted by Crippen LogP contribution is -2.52. The van der Waals surface area contributed by atoms with Crippen molar-refractivity contribution in [3.63, 3.8) is 0 Å². The largest absolute Gasteiger partial charge is 0.479 e. The van der Waals surface area contributed by atoms with Crippen molar-refractivity contribution in [2.24, 2.45) is 0 Å². The smallest absolute Gasteiger partial charge is 0.334 e. The molecule has 0 radical (unpaired) electrons. The number of halogens is 1. The fraction of sp³-hybridized carbons (Fsp3) is 0.190. The molecule has 2 N–H and O–H groups in total. The van der Waals surface area contributed by atoms with Crippen LogP contribution in [0.15, 0.2) is 60.0 Å². The number of thiazole rings is 1. The number of nitrogens with one attached hydrogen (secondary N) is 1. The number of aliphatic carboxylic acids is 1. The summed E-state index contributed by atoms with van der Waals surface area (Å²) >= 11 is 1.35. The van der Waals surface area contributed by atoms with Crippen molar-refractivity contribution in [3.05, 3.63) is 77.1 Å². The zero-order chi connectivity index (χ0) is 20.1. The van der Waals surface area contributed by atoms with Crippen molar-refractivity contribution in [2.75, 3.05) is 0 Å². The highest BCUT2D eigenvalue weighted by Gasteiger charge is 2.40. The second kappa shape index (κ2) is 8.31. The Morgan fingerprint density at radius 1 is 1.14 bits per heavy atom. The summed E-state index contributed by atoms with van der Waals surface area (Å²) in [5.41, 5.74) is 0.318. The van der Waals surface area contributed by atoms with E-state index in [-0.39, 0.29) is 18.7 Å². The molecule has 1 amide bonds. The van der Waals surface area contributed by atoms with Gasteiger partial charge in [0.2, 0.25) is 5.91 Å². The van der Waals surface area contributed by atoms with Gasteiger partial charge in [-0.2, -0.15) is 0 Å². The molecule has 1 heterocycles. The van der Waals surface area contributed by atoms with Crippen molar-refractivity contribution in [2.45, 2.75) is 25.3 Å². The molecule has 1 atom stereocenters. The molecule has 0 bridgehead atoms. The van der Waals surface area contributed by atoms with Crippen LogP contribution in [0.3, 0.4) is 0 Å². The maximum absolute atomic E-state index is 13.1. The number of benzene rings is 2. The number of carboxylic acids is 1. The molecule has 0 aliphatic rings. The first-order chi connectivity index (χ1) is 13.4. The second-order valence-electron chi connectivity index (χ2n) is 6.31. The third kappa shape index (κ3) is 4.09. The second-order valence-corrected chi connectivity index (χ2v) is 7.16. The summed E-state index contributed by atoms with van der Waals surface area (Å²) in [7, 11) is 0. The van der Waals surface area contributed by atoms with E-state index in [9.17, 15) is 19.1 Å². The number of nitrogens with zero attached hydrogens (tertiary/aromatic N) is 1. The standard InChI is InChI=1S/C21H19FN2O3S/c1-2-21(20(26)27,15-6-4-3-5-7-15)24-18(25)12-17-13-28-19(23-17)14-8-10-16(22)11-9-14/h3-11,13H,2,12H2,1H3,(H,24,25)(H,26,27). The highest BCUT2D eigenvalue weighted by molar-refractivity contribution is 7.13. The summed E-state index contributed by atoms with van der Waals surface area (Å²) in [6.07, 6.45) is 0.162. The van der Waals surface area contributed by atoms with E-state index in [4.69, 9.17) is 0 Å². The van der Waals surface area contributed by atoms with Crippen LogP contribution in [-0.4, -0.2) is 22.0 Å². The zero-order valence-corrected chi connectivity index (χ0v) is 16.0. The molecule has 0 aliphatic heterocycles. The predicted octanol–water partition coefficient (Wildman–Crippen LogP) is 4.00. The Morgan fingerprint density at radius 3 is 2.43 bits per heavy atom. The van der Waals surface area contributed by atoms with E-state index in [0.717, 1.165) is 5.56 Å². The Balaban J connectivity index is 1.77. The third-order valence-corrected chi connectivity index (χ3v) is 5.44. The van der Waals surface area contributed by atoms with Gasteiger partial charge in [0.05, 0.1) is 12.1 Å². The monoisotopic (exact) mass is 398 g/mol. The van der Waals surface area contributed by atoms with Crippen molar-refractivity contribution in [3.8, 4) is 10.6 Å². The fourth-order valence-corrected chi connectivity index (χ4v) is 3.80. The van der Waals surface area contributed by atoms with Crippen LogP contribution in [0.5, 0.6) is 0 Å². The topological polar surface area (TPSA) is 79.3 Å². The van der Waals surface area contributed by atoms with Crippen molar-refractivity contribution in [1.82, 2.24) is 10.3 Å². The van der Waals surface area contributed by atoms with E-state index in [0.29, 0.717) is 16.3 Å². The van der Waals surface area contributed by atoms with Gasteiger partial charge in [0.1, 0.15) is 10.8 Å². The normalized spacial score (nSPS) is 12.9. The summed E-state index contributed by atoms with van der Waals surface area (Å²) < 4.78 is 13.1. The van der Waals surface area contributed by atoms with Crippen molar-refractivity contribution in [1.29, 1.82) is 0 Å². The predicted molar refractivity (Wildman–Crippen MR) is 105 cm³/mol. The molecule has 7 heteroatoms. The van der Waals surface area contributed by atoms with Crippen LogP contribution < -0.4 is 5.32 Å². The zero-order valence-electron chi connectivity index (χ0n) is 15.2. The molecule has 0 saturated carbocycles. The molecule has 144 valence electrons. The SMILES string of the molecule is CCC(NC(=O)Cc1csc(-c2ccc(F)cc2)n1)(C(=O)O)c1ccccc1. The highest BCUT2D eigenvalue weighted by atomic mass is 32.1. The van der Waals surface area contributed by atoms with Crippen LogP contribution in [0.2, 0.25) is 0 Å². The number of carbonyl (C=O) groups is 2. The number of amides is 1. The van der Waals surface area contributed by atoms with Crippen molar-refractivity contribution < 1.29 is 19.1 Å². The van der Waals surface area contributed by atoms with Crippen molar-refractivity contribution >= 4 is 23.2 Å². The molecule has 3 rings (SSSR count). The van der Waals surface area contributed by atoms with Gasteiger partial charge >= 0.3 is 5.97 Å². The molecule has 3 aromatic rings. The summed E-state index contributed by atoms with van der Waals surface area (Å²) in [6, 6.07) is 14.6. The minimum atomic E-state index is -1.49. The highest BCUT2D eigenvalue weighted by Crippen LogP contribution is 2.27. The minimum absolute atomic E-state index is 0.0421. The Hall–Kier alpha value is -3.06. The molecular formula is C21H19FN2O3S. The first-order valence-electron chi connectivity index (χ1n) is 8.75. The van der Waals surface area contributed by atoms with E-state index < -0.39 is 17.4 Å².